The maximum atomic E-state index is 9.26. The van der Waals surface area contributed by atoms with Crippen LogP contribution in [0, 0.1) is 12.8 Å². The van der Waals surface area contributed by atoms with E-state index >= 15 is 0 Å². The van der Waals surface area contributed by atoms with Gasteiger partial charge in [-0.3, -0.25) is 0 Å². The van der Waals surface area contributed by atoms with Gasteiger partial charge in [-0.2, -0.15) is 0 Å². The van der Waals surface area contributed by atoms with E-state index in [0.29, 0.717) is 24.2 Å². The van der Waals surface area contributed by atoms with Crippen molar-refractivity contribution >= 4 is 0 Å². The molecule has 108 valence electrons. The first-order valence-electron chi connectivity index (χ1n) is 6.84. The molecule has 0 aliphatic rings. The number of hydrogen-bond donors (Lipinski definition) is 2. The number of rotatable bonds is 6. The summed E-state index contributed by atoms with van der Waals surface area (Å²) in [7, 11) is 0. The van der Waals surface area contributed by atoms with Gasteiger partial charge in [0.2, 0.25) is 11.8 Å². The average molecular weight is 275 g/mol. The number of benzene rings is 1. The van der Waals surface area contributed by atoms with Crippen LogP contribution < -0.4 is 5.32 Å². The summed E-state index contributed by atoms with van der Waals surface area (Å²) >= 11 is 0. The Kier molecular flexibility index (Phi) is 4.87. The summed E-state index contributed by atoms with van der Waals surface area (Å²) < 4.78 is 5.63. The van der Waals surface area contributed by atoms with Crippen LogP contribution in [0.1, 0.15) is 25.3 Å². The Labute approximate surface area is 119 Å². The summed E-state index contributed by atoms with van der Waals surface area (Å²) in [5.74, 6) is 1.40. The van der Waals surface area contributed by atoms with Crippen molar-refractivity contribution in [2.75, 3.05) is 6.61 Å². The maximum absolute atomic E-state index is 9.26. The minimum Gasteiger partial charge on any atom is -0.419 e. The van der Waals surface area contributed by atoms with Crippen molar-refractivity contribution in [1.29, 1.82) is 0 Å². The molecule has 0 fully saturated rings. The van der Waals surface area contributed by atoms with Gasteiger partial charge in [0.1, 0.15) is 0 Å². The van der Waals surface area contributed by atoms with Gasteiger partial charge in [0.05, 0.1) is 13.2 Å². The Hall–Kier alpha value is -1.72. The fourth-order valence-corrected chi connectivity index (χ4v) is 1.95. The van der Waals surface area contributed by atoms with Crippen LogP contribution >= 0.6 is 0 Å². The second-order valence-electron chi connectivity index (χ2n) is 5.28. The fraction of sp³-hybridized carbons (Fsp3) is 0.467. The third kappa shape index (κ3) is 3.65. The van der Waals surface area contributed by atoms with Gasteiger partial charge in [0.25, 0.3) is 0 Å². The first kappa shape index (κ1) is 14.7. The lowest BCUT2D eigenvalue weighted by Gasteiger charge is -2.18. The predicted octanol–water partition coefficient (Wildman–Crippen LogP) is 2.15. The topological polar surface area (TPSA) is 71.2 Å². The van der Waals surface area contributed by atoms with Crippen molar-refractivity contribution < 1.29 is 9.52 Å². The Balaban J connectivity index is 2.02. The molecule has 0 saturated carbocycles. The normalized spacial score (nSPS) is 12.8. The zero-order valence-corrected chi connectivity index (χ0v) is 12.1. The van der Waals surface area contributed by atoms with E-state index in [1.54, 1.807) is 0 Å². The molecular formula is C15H21N3O2. The second-order valence-corrected chi connectivity index (χ2v) is 5.28. The van der Waals surface area contributed by atoms with Gasteiger partial charge < -0.3 is 14.8 Å². The highest BCUT2D eigenvalue weighted by molar-refractivity contribution is 5.53. The zero-order valence-electron chi connectivity index (χ0n) is 12.1. The predicted molar refractivity (Wildman–Crippen MR) is 77.0 cm³/mol. The summed E-state index contributed by atoms with van der Waals surface area (Å²) in [6, 6.07) is 7.98. The van der Waals surface area contributed by atoms with Gasteiger partial charge in [-0.25, -0.2) is 0 Å². The highest BCUT2D eigenvalue weighted by atomic mass is 16.4. The molecule has 2 aromatic rings. The second kappa shape index (κ2) is 6.63. The molecule has 5 heteroatoms. The molecule has 1 heterocycles. The van der Waals surface area contributed by atoms with Gasteiger partial charge >= 0.3 is 0 Å². The summed E-state index contributed by atoms with van der Waals surface area (Å²) in [6.45, 7) is 6.69. The average Bonchev–Trinajstić information content (AvgIpc) is 2.88. The van der Waals surface area contributed by atoms with E-state index in [1.807, 2.05) is 31.2 Å². The van der Waals surface area contributed by atoms with Gasteiger partial charge in [0, 0.05) is 11.6 Å². The Morgan fingerprint density at radius 2 is 2.10 bits per heavy atom. The van der Waals surface area contributed by atoms with E-state index in [-0.39, 0.29) is 12.6 Å². The minimum absolute atomic E-state index is 0.0318. The number of aliphatic hydroxyl groups is 1. The van der Waals surface area contributed by atoms with Crippen molar-refractivity contribution in [3.05, 3.63) is 35.7 Å². The third-order valence-electron chi connectivity index (χ3n) is 3.25. The third-order valence-corrected chi connectivity index (χ3v) is 3.25. The molecule has 0 amide bonds. The van der Waals surface area contributed by atoms with E-state index in [1.165, 1.54) is 0 Å². The van der Waals surface area contributed by atoms with Gasteiger partial charge in [-0.1, -0.05) is 31.5 Å². The van der Waals surface area contributed by atoms with Crippen LogP contribution in [0.3, 0.4) is 0 Å². The summed E-state index contributed by atoms with van der Waals surface area (Å²) in [5, 5.41) is 20.6. The molecule has 1 aromatic heterocycles. The van der Waals surface area contributed by atoms with E-state index < -0.39 is 0 Å². The van der Waals surface area contributed by atoms with Crippen LogP contribution in [-0.4, -0.2) is 28.0 Å². The molecule has 0 aliphatic carbocycles. The Bertz CT molecular complexity index is 552. The fourth-order valence-electron chi connectivity index (χ4n) is 1.95. The Morgan fingerprint density at radius 3 is 2.75 bits per heavy atom. The SMILES string of the molecule is Cc1cccc(-c2nnc(CN[C@H](CO)C(C)C)o2)c1. The highest BCUT2D eigenvalue weighted by Crippen LogP contribution is 2.18. The molecule has 0 radical (unpaired) electrons. The van der Waals surface area contributed by atoms with Crippen molar-refractivity contribution in [1.82, 2.24) is 15.5 Å². The van der Waals surface area contributed by atoms with Crippen LogP contribution in [-0.2, 0) is 6.54 Å². The van der Waals surface area contributed by atoms with Gasteiger partial charge in [0.15, 0.2) is 0 Å². The molecule has 0 bridgehead atoms. The van der Waals surface area contributed by atoms with E-state index in [2.05, 4.69) is 29.4 Å². The van der Waals surface area contributed by atoms with Crippen molar-refractivity contribution in [3.8, 4) is 11.5 Å². The molecule has 2 rings (SSSR count). The standard InChI is InChI=1S/C15H21N3O2/c1-10(2)13(9-19)16-8-14-17-18-15(20-14)12-6-4-5-11(3)7-12/h4-7,10,13,16,19H,8-9H2,1-3H3/t13-/m1/s1. The lowest BCUT2D eigenvalue weighted by atomic mass is 10.1. The number of hydrogen-bond acceptors (Lipinski definition) is 5. The molecule has 0 spiro atoms. The van der Waals surface area contributed by atoms with E-state index in [9.17, 15) is 5.11 Å². The zero-order chi connectivity index (χ0) is 14.5. The van der Waals surface area contributed by atoms with Gasteiger partial charge in [-0.15, -0.1) is 10.2 Å². The molecule has 20 heavy (non-hydrogen) atoms. The molecule has 0 saturated heterocycles. The monoisotopic (exact) mass is 275 g/mol. The highest BCUT2D eigenvalue weighted by Gasteiger charge is 2.14. The summed E-state index contributed by atoms with van der Waals surface area (Å²) in [4.78, 5) is 0. The van der Waals surface area contributed by atoms with E-state index in [0.717, 1.165) is 11.1 Å². The number of aromatic nitrogens is 2. The molecule has 0 aliphatic heterocycles. The van der Waals surface area contributed by atoms with Crippen LogP contribution in [0.4, 0.5) is 0 Å². The largest absolute Gasteiger partial charge is 0.419 e. The van der Waals surface area contributed by atoms with Crippen molar-refractivity contribution in [2.45, 2.75) is 33.4 Å². The quantitative estimate of drug-likeness (QED) is 0.845. The van der Waals surface area contributed by atoms with Crippen LogP contribution in [0.2, 0.25) is 0 Å². The summed E-state index contributed by atoms with van der Waals surface area (Å²) in [5.41, 5.74) is 2.08. The van der Waals surface area contributed by atoms with Crippen LogP contribution in [0.5, 0.6) is 0 Å². The number of aryl methyl sites for hydroxylation is 1. The molecule has 5 nitrogen and oxygen atoms in total. The molecule has 2 N–H and O–H groups in total. The van der Waals surface area contributed by atoms with E-state index in [4.69, 9.17) is 4.42 Å². The summed E-state index contributed by atoms with van der Waals surface area (Å²) in [6.07, 6.45) is 0. The van der Waals surface area contributed by atoms with Crippen LogP contribution in [0.15, 0.2) is 28.7 Å². The molecule has 1 atom stereocenters. The molecule has 0 unspecified atom stereocenters. The van der Waals surface area contributed by atoms with Gasteiger partial charge in [-0.05, 0) is 25.0 Å². The van der Waals surface area contributed by atoms with Crippen molar-refractivity contribution in [3.63, 3.8) is 0 Å². The molecule has 1 aromatic carbocycles. The number of aliphatic hydroxyl groups excluding tert-OH is 1. The van der Waals surface area contributed by atoms with Crippen molar-refractivity contribution in [2.24, 2.45) is 5.92 Å². The number of nitrogens with zero attached hydrogens (tertiary/aromatic N) is 2. The number of nitrogens with one attached hydrogen (secondary N) is 1. The first-order chi connectivity index (χ1) is 9.60. The maximum Gasteiger partial charge on any atom is 0.247 e. The lowest BCUT2D eigenvalue weighted by Crippen LogP contribution is -2.36. The Morgan fingerprint density at radius 1 is 1.30 bits per heavy atom. The lowest BCUT2D eigenvalue weighted by molar-refractivity contribution is 0.207. The molecular weight excluding hydrogens is 254 g/mol. The van der Waals surface area contributed by atoms with Crippen LogP contribution in [0.25, 0.3) is 11.5 Å². The smallest absolute Gasteiger partial charge is 0.247 e. The first-order valence-corrected chi connectivity index (χ1v) is 6.84. The minimum atomic E-state index is 0.0318.